The molecule has 0 saturated heterocycles. The molecule has 0 amide bonds. The van der Waals surface area contributed by atoms with E-state index in [1.807, 2.05) is 0 Å². The number of nitrogen functional groups attached to an aromatic ring is 1. The van der Waals surface area contributed by atoms with Crippen molar-refractivity contribution in [3.8, 4) is 0 Å². The largest absolute Gasteiger partial charge is 0.350 e. The van der Waals surface area contributed by atoms with Gasteiger partial charge in [-0.25, -0.2) is 15.2 Å². The first kappa shape index (κ1) is 14.7. The summed E-state index contributed by atoms with van der Waals surface area (Å²) >= 11 is 0. The van der Waals surface area contributed by atoms with E-state index in [1.54, 1.807) is 24.1 Å². The highest BCUT2D eigenvalue weighted by molar-refractivity contribution is 5.61. The van der Waals surface area contributed by atoms with Gasteiger partial charge in [-0.3, -0.25) is 10.1 Å². The molecule has 21 heavy (non-hydrogen) atoms. The third-order valence-corrected chi connectivity index (χ3v) is 2.87. The lowest BCUT2D eigenvalue weighted by molar-refractivity contribution is -0.384. The number of halogens is 1. The topological polar surface area (TPSA) is 97.3 Å². The monoisotopic (exact) mass is 291 g/mol. The van der Waals surface area contributed by atoms with Crippen LogP contribution in [-0.2, 0) is 6.54 Å². The van der Waals surface area contributed by atoms with Crippen molar-refractivity contribution in [3.05, 3.63) is 57.9 Å². The Bertz CT molecular complexity index is 665. The summed E-state index contributed by atoms with van der Waals surface area (Å²) < 4.78 is 13.2. The maximum Gasteiger partial charge on any atom is 0.311 e. The fourth-order valence-electron chi connectivity index (χ4n) is 1.93. The minimum atomic E-state index is -0.523. The SMILES string of the molecule is CN(Cc1cccc(F)c1)c1nc(NN)ccc1[N+](=O)[O-]. The number of hydrogen-bond acceptors (Lipinski definition) is 6. The molecule has 0 aliphatic heterocycles. The van der Waals surface area contributed by atoms with E-state index in [4.69, 9.17) is 5.84 Å². The fourth-order valence-corrected chi connectivity index (χ4v) is 1.93. The Hall–Kier alpha value is -2.74. The number of hydrogen-bond donors (Lipinski definition) is 2. The molecule has 3 N–H and O–H groups in total. The molecule has 0 atom stereocenters. The van der Waals surface area contributed by atoms with Gasteiger partial charge >= 0.3 is 5.69 Å². The van der Waals surface area contributed by atoms with Crippen LogP contribution < -0.4 is 16.2 Å². The number of anilines is 2. The molecule has 0 aliphatic rings. The lowest BCUT2D eigenvalue weighted by Crippen LogP contribution is -2.20. The van der Waals surface area contributed by atoms with E-state index < -0.39 is 4.92 Å². The Morgan fingerprint density at radius 1 is 1.43 bits per heavy atom. The van der Waals surface area contributed by atoms with Crippen molar-refractivity contribution in [3.63, 3.8) is 0 Å². The van der Waals surface area contributed by atoms with E-state index in [0.29, 0.717) is 11.4 Å². The molecule has 0 fully saturated rings. The molecule has 8 heteroatoms. The lowest BCUT2D eigenvalue weighted by atomic mass is 10.2. The third-order valence-electron chi connectivity index (χ3n) is 2.87. The van der Waals surface area contributed by atoms with Crippen LogP contribution in [0, 0.1) is 15.9 Å². The van der Waals surface area contributed by atoms with Crippen LogP contribution in [0.4, 0.5) is 21.7 Å². The number of nitrogens with zero attached hydrogens (tertiary/aromatic N) is 3. The first-order chi connectivity index (χ1) is 10.0. The molecular weight excluding hydrogens is 277 g/mol. The Labute approximate surface area is 120 Å². The highest BCUT2D eigenvalue weighted by Crippen LogP contribution is 2.27. The lowest BCUT2D eigenvalue weighted by Gasteiger charge is -2.18. The predicted octanol–water partition coefficient (Wildman–Crippen LogP) is 2.05. The van der Waals surface area contributed by atoms with Crippen molar-refractivity contribution in [2.24, 2.45) is 5.84 Å². The summed E-state index contributed by atoms with van der Waals surface area (Å²) in [5, 5.41) is 11.1. The highest BCUT2D eigenvalue weighted by Gasteiger charge is 2.19. The zero-order valence-corrected chi connectivity index (χ0v) is 11.3. The number of nitrogens with one attached hydrogen (secondary N) is 1. The van der Waals surface area contributed by atoms with Gasteiger partial charge in [0.05, 0.1) is 4.92 Å². The number of benzene rings is 1. The summed E-state index contributed by atoms with van der Waals surface area (Å²) in [6.07, 6.45) is 0. The van der Waals surface area contributed by atoms with Gasteiger partial charge in [-0.1, -0.05) is 12.1 Å². The smallest absolute Gasteiger partial charge is 0.311 e. The fraction of sp³-hybridized carbons (Fsp3) is 0.154. The van der Waals surface area contributed by atoms with Gasteiger partial charge in [-0.15, -0.1) is 0 Å². The molecule has 1 aromatic heterocycles. The molecule has 0 aliphatic carbocycles. The molecule has 0 bridgehead atoms. The highest BCUT2D eigenvalue weighted by atomic mass is 19.1. The second kappa shape index (κ2) is 6.14. The van der Waals surface area contributed by atoms with Gasteiger partial charge in [-0.05, 0) is 23.8 Å². The number of pyridine rings is 1. The molecule has 2 rings (SSSR count). The van der Waals surface area contributed by atoms with Crippen LogP contribution in [-0.4, -0.2) is 17.0 Å². The van der Waals surface area contributed by atoms with Crippen molar-refractivity contribution < 1.29 is 9.31 Å². The van der Waals surface area contributed by atoms with Crippen LogP contribution in [0.2, 0.25) is 0 Å². The van der Waals surface area contributed by atoms with Crippen molar-refractivity contribution in [2.45, 2.75) is 6.54 Å². The van der Waals surface area contributed by atoms with Gasteiger partial charge in [0.15, 0.2) is 0 Å². The van der Waals surface area contributed by atoms with E-state index >= 15 is 0 Å². The number of hydrazine groups is 1. The average Bonchev–Trinajstić information content (AvgIpc) is 2.46. The van der Waals surface area contributed by atoms with E-state index in [0.717, 1.165) is 0 Å². The second-order valence-electron chi connectivity index (χ2n) is 4.43. The molecule has 0 spiro atoms. The molecule has 0 saturated carbocycles. The average molecular weight is 291 g/mol. The van der Waals surface area contributed by atoms with Gasteiger partial charge in [0.2, 0.25) is 5.82 Å². The van der Waals surface area contributed by atoms with E-state index in [9.17, 15) is 14.5 Å². The molecule has 2 aromatic rings. The van der Waals surface area contributed by atoms with E-state index in [-0.39, 0.29) is 23.9 Å². The Balaban J connectivity index is 2.33. The van der Waals surface area contributed by atoms with Crippen LogP contribution >= 0.6 is 0 Å². The summed E-state index contributed by atoms with van der Waals surface area (Å²) in [6, 6.07) is 8.75. The molecule has 1 aromatic carbocycles. The van der Waals surface area contributed by atoms with Crippen LogP contribution in [0.3, 0.4) is 0 Å². The van der Waals surface area contributed by atoms with Gasteiger partial charge in [-0.2, -0.15) is 0 Å². The molecule has 1 heterocycles. The zero-order valence-electron chi connectivity index (χ0n) is 11.3. The number of nitrogens with two attached hydrogens (primary N) is 1. The minimum absolute atomic E-state index is 0.145. The van der Waals surface area contributed by atoms with Crippen LogP contribution in [0.15, 0.2) is 36.4 Å². The standard InChI is InChI=1S/C13H14FN5O2/c1-18(8-9-3-2-4-10(14)7-9)13-11(19(20)21)5-6-12(16-13)17-15/h2-7H,8,15H2,1H3,(H,16,17). The van der Waals surface area contributed by atoms with Crippen molar-refractivity contribution >= 4 is 17.3 Å². The maximum atomic E-state index is 13.2. The third kappa shape index (κ3) is 3.42. The van der Waals surface area contributed by atoms with Gasteiger partial charge in [0, 0.05) is 19.7 Å². The summed E-state index contributed by atoms with van der Waals surface area (Å²) in [4.78, 5) is 16.2. The number of rotatable bonds is 5. The Morgan fingerprint density at radius 3 is 2.81 bits per heavy atom. The summed E-state index contributed by atoms with van der Waals surface area (Å²) in [5.41, 5.74) is 2.88. The quantitative estimate of drug-likeness (QED) is 0.497. The second-order valence-corrected chi connectivity index (χ2v) is 4.43. The molecule has 0 radical (unpaired) electrons. The normalized spacial score (nSPS) is 10.2. The molecular formula is C13H14FN5O2. The van der Waals surface area contributed by atoms with Crippen LogP contribution in [0.1, 0.15) is 5.56 Å². The van der Waals surface area contributed by atoms with Crippen LogP contribution in [0.25, 0.3) is 0 Å². The molecule has 7 nitrogen and oxygen atoms in total. The van der Waals surface area contributed by atoms with Gasteiger partial charge < -0.3 is 10.3 Å². The molecule has 0 unspecified atom stereocenters. The van der Waals surface area contributed by atoms with Crippen molar-refractivity contribution in [1.29, 1.82) is 0 Å². The first-order valence-electron chi connectivity index (χ1n) is 6.09. The summed E-state index contributed by atoms with van der Waals surface area (Å²) in [6.45, 7) is 0.277. The van der Waals surface area contributed by atoms with Gasteiger partial charge in [0.1, 0.15) is 11.6 Å². The zero-order chi connectivity index (χ0) is 15.4. The van der Waals surface area contributed by atoms with Crippen LogP contribution in [0.5, 0.6) is 0 Å². The van der Waals surface area contributed by atoms with Crippen molar-refractivity contribution in [2.75, 3.05) is 17.4 Å². The predicted molar refractivity (Wildman–Crippen MR) is 77.2 cm³/mol. The summed E-state index contributed by atoms with van der Waals surface area (Å²) in [5.74, 6) is 5.37. The number of nitro groups is 1. The number of aromatic nitrogens is 1. The molecule has 110 valence electrons. The first-order valence-corrected chi connectivity index (χ1v) is 6.09. The summed E-state index contributed by atoms with van der Waals surface area (Å²) in [7, 11) is 1.64. The maximum absolute atomic E-state index is 13.2. The Kier molecular flexibility index (Phi) is 4.29. The minimum Gasteiger partial charge on any atom is -0.350 e. The van der Waals surface area contributed by atoms with E-state index in [1.165, 1.54) is 24.3 Å². The van der Waals surface area contributed by atoms with Gasteiger partial charge in [0.25, 0.3) is 0 Å². The van der Waals surface area contributed by atoms with E-state index in [2.05, 4.69) is 10.4 Å². The Morgan fingerprint density at radius 2 is 2.19 bits per heavy atom. The van der Waals surface area contributed by atoms with Crippen molar-refractivity contribution in [1.82, 2.24) is 4.98 Å².